The van der Waals surface area contributed by atoms with Crippen molar-refractivity contribution in [2.24, 2.45) is 0 Å². The van der Waals surface area contributed by atoms with Crippen LogP contribution in [0.4, 0.5) is 0 Å². The highest BCUT2D eigenvalue weighted by molar-refractivity contribution is 7.89. The fourth-order valence-corrected chi connectivity index (χ4v) is 2.00. The van der Waals surface area contributed by atoms with Gasteiger partial charge in [0.25, 0.3) is 0 Å². The average molecular weight is 265 g/mol. The van der Waals surface area contributed by atoms with E-state index in [0.717, 1.165) is 10.8 Å². The third-order valence-corrected chi connectivity index (χ3v) is 4.12. The van der Waals surface area contributed by atoms with Crippen molar-refractivity contribution in [3.8, 4) is 0 Å². The maximum absolute atomic E-state index is 11.4. The first kappa shape index (κ1) is 16.3. The number of hydrogen-bond donors (Lipinski definition) is 2. The summed E-state index contributed by atoms with van der Waals surface area (Å²) in [6.45, 7) is 4.85. The molecule has 0 aromatic carbocycles. The standard InChI is InChI=1S/C10H23N3O3S/c1-5-11-9(2)8-10(14)12-6-7-17(15,16)13(3)4/h9,11H,5-8H2,1-4H3,(H,12,14). The molecule has 2 N–H and O–H groups in total. The van der Waals surface area contributed by atoms with Crippen LogP contribution in [0.25, 0.3) is 0 Å². The highest BCUT2D eigenvalue weighted by atomic mass is 32.2. The van der Waals surface area contributed by atoms with E-state index in [9.17, 15) is 13.2 Å². The largest absolute Gasteiger partial charge is 0.355 e. The lowest BCUT2D eigenvalue weighted by atomic mass is 10.2. The van der Waals surface area contributed by atoms with E-state index in [2.05, 4.69) is 10.6 Å². The van der Waals surface area contributed by atoms with Gasteiger partial charge >= 0.3 is 0 Å². The first-order chi connectivity index (χ1) is 7.79. The smallest absolute Gasteiger partial charge is 0.221 e. The Balaban J connectivity index is 3.87. The van der Waals surface area contributed by atoms with E-state index in [4.69, 9.17) is 0 Å². The molecule has 0 radical (unpaired) electrons. The van der Waals surface area contributed by atoms with Gasteiger partial charge in [0.05, 0.1) is 5.75 Å². The fourth-order valence-electron chi connectivity index (χ4n) is 1.27. The minimum absolute atomic E-state index is 0.0681. The molecule has 0 aliphatic rings. The lowest BCUT2D eigenvalue weighted by Gasteiger charge is -2.13. The summed E-state index contributed by atoms with van der Waals surface area (Å²) in [7, 11) is -0.276. The van der Waals surface area contributed by atoms with Crippen LogP contribution in [0.1, 0.15) is 20.3 Å². The minimum atomic E-state index is -3.23. The zero-order valence-corrected chi connectivity index (χ0v) is 11.8. The summed E-state index contributed by atoms with van der Waals surface area (Å²) >= 11 is 0. The van der Waals surface area contributed by atoms with Crippen molar-refractivity contribution in [1.29, 1.82) is 0 Å². The SMILES string of the molecule is CCNC(C)CC(=O)NCCS(=O)(=O)N(C)C. The second kappa shape index (κ2) is 7.62. The van der Waals surface area contributed by atoms with Crippen LogP contribution >= 0.6 is 0 Å². The molecule has 0 aliphatic heterocycles. The number of nitrogens with one attached hydrogen (secondary N) is 2. The lowest BCUT2D eigenvalue weighted by Crippen LogP contribution is -2.37. The average Bonchev–Trinajstić information content (AvgIpc) is 2.16. The van der Waals surface area contributed by atoms with E-state index in [0.29, 0.717) is 6.42 Å². The molecule has 1 unspecified atom stereocenters. The van der Waals surface area contributed by atoms with Gasteiger partial charge in [-0.2, -0.15) is 0 Å². The number of sulfonamides is 1. The zero-order valence-electron chi connectivity index (χ0n) is 11.0. The van der Waals surface area contributed by atoms with Crippen molar-refractivity contribution < 1.29 is 13.2 Å². The molecular formula is C10H23N3O3S. The number of nitrogens with zero attached hydrogens (tertiary/aromatic N) is 1. The Hall–Kier alpha value is -0.660. The van der Waals surface area contributed by atoms with Gasteiger partial charge in [0.15, 0.2) is 0 Å². The van der Waals surface area contributed by atoms with E-state index in [1.54, 1.807) is 0 Å². The van der Waals surface area contributed by atoms with Crippen LogP contribution in [0.3, 0.4) is 0 Å². The molecule has 1 amide bonds. The van der Waals surface area contributed by atoms with Gasteiger partial charge in [-0.25, -0.2) is 12.7 Å². The summed E-state index contributed by atoms with van der Waals surface area (Å²) in [4.78, 5) is 11.4. The Labute approximate surface area is 104 Å². The Morgan fingerprint density at radius 2 is 1.94 bits per heavy atom. The highest BCUT2D eigenvalue weighted by Gasteiger charge is 2.14. The zero-order chi connectivity index (χ0) is 13.5. The molecule has 0 saturated heterocycles. The molecule has 0 aromatic rings. The van der Waals surface area contributed by atoms with Gasteiger partial charge < -0.3 is 10.6 Å². The van der Waals surface area contributed by atoms with Crippen molar-refractivity contribution in [1.82, 2.24) is 14.9 Å². The maximum atomic E-state index is 11.4. The summed E-state index contributed by atoms with van der Waals surface area (Å²) in [6.07, 6.45) is 0.357. The lowest BCUT2D eigenvalue weighted by molar-refractivity contribution is -0.121. The maximum Gasteiger partial charge on any atom is 0.221 e. The molecule has 0 spiro atoms. The van der Waals surface area contributed by atoms with Crippen LogP contribution in [0.15, 0.2) is 0 Å². The minimum Gasteiger partial charge on any atom is -0.355 e. The Bertz CT molecular complexity index is 328. The van der Waals surface area contributed by atoms with Crippen molar-refractivity contribution in [2.45, 2.75) is 26.3 Å². The molecule has 7 heteroatoms. The van der Waals surface area contributed by atoms with Gasteiger partial charge in [0, 0.05) is 33.1 Å². The molecule has 0 fully saturated rings. The van der Waals surface area contributed by atoms with Gasteiger partial charge in [-0.3, -0.25) is 4.79 Å². The van der Waals surface area contributed by atoms with Gasteiger partial charge in [-0.15, -0.1) is 0 Å². The molecule has 0 aromatic heterocycles. The molecule has 1 atom stereocenters. The molecule has 6 nitrogen and oxygen atoms in total. The molecule has 0 bridgehead atoms. The molecule has 102 valence electrons. The second-order valence-electron chi connectivity index (χ2n) is 4.11. The summed E-state index contributed by atoms with van der Waals surface area (Å²) in [5.41, 5.74) is 0. The highest BCUT2D eigenvalue weighted by Crippen LogP contribution is 1.93. The van der Waals surface area contributed by atoms with Crippen LogP contribution in [0.5, 0.6) is 0 Å². The van der Waals surface area contributed by atoms with Crippen LogP contribution < -0.4 is 10.6 Å². The summed E-state index contributed by atoms with van der Waals surface area (Å²) in [5.74, 6) is -0.200. The van der Waals surface area contributed by atoms with Gasteiger partial charge in [0.1, 0.15) is 0 Å². The van der Waals surface area contributed by atoms with Crippen LogP contribution in [0.2, 0.25) is 0 Å². The summed E-state index contributed by atoms with van der Waals surface area (Å²) in [5, 5.41) is 5.71. The normalized spacial score (nSPS) is 13.7. The van der Waals surface area contributed by atoms with Gasteiger partial charge in [-0.05, 0) is 13.5 Å². The monoisotopic (exact) mass is 265 g/mol. The van der Waals surface area contributed by atoms with E-state index in [1.165, 1.54) is 14.1 Å². The van der Waals surface area contributed by atoms with E-state index in [1.807, 2.05) is 13.8 Å². The molecule has 17 heavy (non-hydrogen) atoms. The number of hydrogen-bond acceptors (Lipinski definition) is 4. The number of amides is 1. The first-order valence-electron chi connectivity index (χ1n) is 5.70. The molecule has 0 saturated carbocycles. The topological polar surface area (TPSA) is 78.5 Å². The first-order valence-corrected chi connectivity index (χ1v) is 7.30. The van der Waals surface area contributed by atoms with Crippen LogP contribution in [0, 0.1) is 0 Å². The van der Waals surface area contributed by atoms with E-state index >= 15 is 0 Å². The van der Waals surface area contributed by atoms with E-state index < -0.39 is 10.0 Å². The van der Waals surface area contributed by atoms with Crippen molar-refractivity contribution in [3.05, 3.63) is 0 Å². The molecule has 0 aliphatic carbocycles. The number of rotatable bonds is 8. The Morgan fingerprint density at radius 3 is 2.41 bits per heavy atom. The van der Waals surface area contributed by atoms with Crippen LogP contribution in [-0.2, 0) is 14.8 Å². The second-order valence-corrected chi connectivity index (χ2v) is 6.41. The molecule has 0 heterocycles. The predicted molar refractivity (Wildman–Crippen MR) is 68.2 cm³/mol. The fraction of sp³-hybridized carbons (Fsp3) is 0.900. The quantitative estimate of drug-likeness (QED) is 0.613. The predicted octanol–water partition coefficient (Wildman–Crippen LogP) is -0.618. The molecular weight excluding hydrogens is 242 g/mol. The summed E-state index contributed by atoms with van der Waals surface area (Å²) < 4.78 is 24.0. The van der Waals surface area contributed by atoms with Crippen molar-refractivity contribution in [2.75, 3.05) is 32.9 Å². The molecule has 0 rings (SSSR count). The van der Waals surface area contributed by atoms with Gasteiger partial charge in [-0.1, -0.05) is 6.92 Å². The third-order valence-electron chi connectivity index (χ3n) is 2.28. The van der Waals surface area contributed by atoms with Crippen molar-refractivity contribution >= 4 is 15.9 Å². The Kier molecular flexibility index (Phi) is 7.33. The van der Waals surface area contributed by atoms with E-state index in [-0.39, 0.29) is 24.2 Å². The Morgan fingerprint density at radius 1 is 1.35 bits per heavy atom. The van der Waals surface area contributed by atoms with Crippen LogP contribution in [-0.4, -0.2) is 57.6 Å². The van der Waals surface area contributed by atoms with Gasteiger partial charge in [0.2, 0.25) is 15.9 Å². The van der Waals surface area contributed by atoms with Crippen molar-refractivity contribution in [3.63, 3.8) is 0 Å². The third kappa shape index (κ3) is 7.30. The summed E-state index contributed by atoms with van der Waals surface area (Å²) in [6, 6.07) is 0.102. The number of carbonyl (C=O) groups is 1. The number of carbonyl (C=O) groups excluding carboxylic acids is 1.